The summed E-state index contributed by atoms with van der Waals surface area (Å²) in [5.41, 5.74) is 5.57. The Morgan fingerprint density at radius 1 is 1.54 bits per heavy atom. The molecule has 76 valence electrons. The third-order valence-corrected chi connectivity index (χ3v) is 2.78. The predicted octanol–water partition coefficient (Wildman–Crippen LogP) is 1.62. The maximum absolute atomic E-state index is 5.57. The van der Waals surface area contributed by atoms with Gasteiger partial charge < -0.3 is 5.73 Å². The zero-order valence-corrected chi connectivity index (χ0v) is 8.71. The van der Waals surface area contributed by atoms with E-state index in [1.54, 1.807) is 0 Å². The van der Waals surface area contributed by atoms with Gasteiger partial charge in [-0.3, -0.25) is 4.90 Å². The highest BCUT2D eigenvalue weighted by molar-refractivity contribution is 4.83. The first kappa shape index (κ1) is 10.7. The van der Waals surface area contributed by atoms with Crippen molar-refractivity contribution in [3.63, 3.8) is 0 Å². The van der Waals surface area contributed by atoms with Crippen LogP contribution >= 0.6 is 0 Å². The van der Waals surface area contributed by atoms with Crippen LogP contribution in [0.2, 0.25) is 0 Å². The molecule has 2 N–H and O–H groups in total. The van der Waals surface area contributed by atoms with Gasteiger partial charge in [0.2, 0.25) is 0 Å². The van der Waals surface area contributed by atoms with Crippen molar-refractivity contribution in [1.82, 2.24) is 4.90 Å². The van der Waals surface area contributed by atoms with Gasteiger partial charge in [-0.2, -0.15) is 0 Å². The molecule has 0 saturated carbocycles. The van der Waals surface area contributed by atoms with Crippen molar-refractivity contribution in [2.45, 2.75) is 26.2 Å². The predicted molar refractivity (Wildman–Crippen MR) is 57.6 cm³/mol. The van der Waals surface area contributed by atoms with Crippen molar-refractivity contribution in [3.8, 4) is 0 Å². The zero-order chi connectivity index (χ0) is 9.52. The molecule has 1 aliphatic rings. The molecule has 1 fully saturated rings. The first-order chi connectivity index (χ1) is 6.36. The van der Waals surface area contributed by atoms with Gasteiger partial charge in [0.1, 0.15) is 0 Å². The van der Waals surface area contributed by atoms with Crippen molar-refractivity contribution in [2.75, 3.05) is 26.2 Å². The summed E-state index contributed by atoms with van der Waals surface area (Å²) in [4.78, 5) is 2.53. The molecule has 1 heterocycles. The van der Waals surface area contributed by atoms with E-state index in [9.17, 15) is 0 Å². The first-order valence-electron chi connectivity index (χ1n) is 5.40. The average molecular weight is 182 g/mol. The molecule has 0 radical (unpaired) electrons. The van der Waals surface area contributed by atoms with Crippen LogP contribution in [0.5, 0.6) is 0 Å². The minimum absolute atomic E-state index is 0.849. The summed E-state index contributed by atoms with van der Waals surface area (Å²) in [7, 11) is 0. The maximum atomic E-state index is 5.57. The molecule has 0 aromatic heterocycles. The van der Waals surface area contributed by atoms with Gasteiger partial charge >= 0.3 is 0 Å². The Kier molecular flexibility index (Phi) is 5.09. The van der Waals surface area contributed by atoms with Crippen molar-refractivity contribution in [1.29, 1.82) is 0 Å². The normalized spacial score (nSPS) is 25.5. The molecule has 13 heavy (non-hydrogen) atoms. The zero-order valence-electron chi connectivity index (χ0n) is 8.71. The van der Waals surface area contributed by atoms with Crippen molar-refractivity contribution < 1.29 is 0 Å². The third kappa shape index (κ3) is 3.92. The van der Waals surface area contributed by atoms with Gasteiger partial charge in [-0.05, 0) is 45.2 Å². The van der Waals surface area contributed by atoms with E-state index in [0.717, 1.165) is 19.0 Å². The molecule has 1 rings (SSSR count). The second-order valence-electron chi connectivity index (χ2n) is 3.91. The molecule has 0 aromatic rings. The fraction of sp³-hybridized carbons (Fsp3) is 0.818. The molecule has 0 aromatic carbocycles. The molecule has 1 saturated heterocycles. The Morgan fingerprint density at radius 2 is 2.38 bits per heavy atom. The van der Waals surface area contributed by atoms with E-state index in [4.69, 9.17) is 5.73 Å². The molecule has 2 nitrogen and oxygen atoms in total. The number of rotatable bonds is 4. The van der Waals surface area contributed by atoms with Gasteiger partial charge in [0.25, 0.3) is 0 Å². The minimum atomic E-state index is 0.849. The van der Waals surface area contributed by atoms with Crippen LogP contribution in [0.3, 0.4) is 0 Å². The summed E-state index contributed by atoms with van der Waals surface area (Å²) in [6.45, 7) is 6.58. The van der Waals surface area contributed by atoms with Gasteiger partial charge in [0, 0.05) is 13.1 Å². The van der Waals surface area contributed by atoms with Gasteiger partial charge in [-0.1, -0.05) is 12.2 Å². The Morgan fingerprint density at radius 3 is 3.08 bits per heavy atom. The lowest BCUT2D eigenvalue weighted by Gasteiger charge is -2.31. The molecular formula is C11H22N2. The average Bonchev–Trinajstić information content (AvgIpc) is 2.16. The highest BCUT2D eigenvalue weighted by Crippen LogP contribution is 2.18. The molecular weight excluding hydrogens is 160 g/mol. The third-order valence-electron chi connectivity index (χ3n) is 2.78. The van der Waals surface area contributed by atoms with E-state index in [0.29, 0.717) is 0 Å². The summed E-state index contributed by atoms with van der Waals surface area (Å²) < 4.78 is 0. The van der Waals surface area contributed by atoms with E-state index >= 15 is 0 Å². The van der Waals surface area contributed by atoms with Crippen LogP contribution in [-0.4, -0.2) is 31.1 Å². The fourth-order valence-electron chi connectivity index (χ4n) is 2.04. The van der Waals surface area contributed by atoms with E-state index in [1.807, 2.05) is 0 Å². The highest BCUT2D eigenvalue weighted by atomic mass is 15.1. The Balaban J connectivity index is 2.24. The van der Waals surface area contributed by atoms with Crippen LogP contribution in [-0.2, 0) is 0 Å². The van der Waals surface area contributed by atoms with Gasteiger partial charge in [0.05, 0.1) is 0 Å². The Labute approximate surface area is 81.8 Å². The number of likely N-dealkylation sites (tertiary alicyclic amines) is 1. The Hall–Kier alpha value is -0.340. The van der Waals surface area contributed by atoms with Gasteiger partial charge in [-0.15, -0.1) is 0 Å². The van der Waals surface area contributed by atoms with E-state index < -0.39 is 0 Å². The molecule has 0 aliphatic carbocycles. The van der Waals surface area contributed by atoms with Crippen LogP contribution in [0.1, 0.15) is 26.2 Å². The molecule has 1 unspecified atom stereocenters. The van der Waals surface area contributed by atoms with Crippen molar-refractivity contribution >= 4 is 0 Å². The Bertz CT molecular complexity index is 152. The second kappa shape index (κ2) is 6.17. The standard InChI is InChI=1S/C11H22N2/c1-2-3-8-13-9-4-5-11(10-13)6-7-12/h2-3,11H,4-10,12H2,1H3. The second-order valence-corrected chi connectivity index (χ2v) is 3.91. The SMILES string of the molecule is CC=CCN1CCCC(CCN)C1. The monoisotopic (exact) mass is 182 g/mol. The number of hydrogen-bond acceptors (Lipinski definition) is 2. The van der Waals surface area contributed by atoms with Crippen molar-refractivity contribution in [3.05, 3.63) is 12.2 Å². The molecule has 1 atom stereocenters. The van der Waals surface area contributed by atoms with Gasteiger partial charge in [0.15, 0.2) is 0 Å². The summed E-state index contributed by atoms with van der Waals surface area (Å²) >= 11 is 0. The lowest BCUT2D eigenvalue weighted by molar-refractivity contribution is 0.186. The minimum Gasteiger partial charge on any atom is -0.330 e. The number of piperidine rings is 1. The quantitative estimate of drug-likeness (QED) is 0.669. The van der Waals surface area contributed by atoms with Gasteiger partial charge in [-0.25, -0.2) is 0 Å². The first-order valence-corrected chi connectivity index (χ1v) is 5.40. The molecule has 0 amide bonds. The topological polar surface area (TPSA) is 29.3 Å². The smallest absolute Gasteiger partial charge is 0.0163 e. The fourth-order valence-corrected chi connectivity index (χ4v) is 2.04. The summed E-state index contributed by atoms with van der Waals surface area (Å²) in [5.74, 6) is 0.851. The molecule has 0 spiro atoms. The van der Waals surface area contributed by atoms with Crippen LogP contribution in [0.15, 0.2) is 12.2 Å². The lowest BCUT2D eigenvalue weighted by atomic mass is 9.95. The highest BCUT2D eigenvalue weighted by Gasteiger charge is 2.17. The molecule has 0 bridgehead atoms. The largest absolute Gasteiger partial charge is 0.330 e. The number of hydrogen-bond donors (Lipinski definition) is 1. The van der Waals surface area contributed by atoms with Crippen LogP contribution in [0.4, 0.5) is 0 Å². The molecule has 1 aliphatic heterocycles. The number of nitrogens with two attached hydrogens (primary N) is 1. The van der Waals surface area contributed by atoms with E-state index in [2.05, 4.69) is 24.0 Å². The molecule has 2 heteroatoms. The summed E-state index contributed by atoms with van der Waals surface area (Å²) in [5, 5.41) is 0. The van der Waals surface area contributed by atoms with E-state index in [1.165, 1.54) is 32.4 Å². The maximum Gasteiger partial charge on any atom is 0.0163 e. The number of allylic oxidation sites excluding steroid dienone is 1. The van der Waals surface area contributed by atoms with Crippen molar-refractivity contribution in [2.24, 2.45) is 11.7 Å². The summed E-state index contributed by atoms with van der Waals surface area (Å²) in [6, 6.07) is 0. The van der Waals surface area contributed by atoms with Crippen LogP contribution in [0.25, 0.3) is 0 Å². The number of nitrogens with zero attached hydrogens (tertiary/aromatic N) is 1. The van der Waals surface area contributed by atoms with Crippen LogP contribution < -0.4 is 5.73 Å². The summed E-state index contributed by atoms with van der Waals surface area (Å²) in [6.07, 6.45) is 8.30. The van der Waals surface area contributed by atoms with Crippen LogP contribution in [0, 0.1) is 5.92 Å². The lowest BCUT2D eigenvalue weighted by Crippen LogP contribution is -2.36. The van der Waals surface area contributed by atoms with E-state index in [-0.39, 0.29) is 0 Å².